The van der Waals surface area contributed by atoms with E-state index in [-0.39, 0.29) is 0 Å². The van der Waals surface area contributed by atoms with E-state index in [1.807, 2.05) is 6.07 Å². The van der Waals surface area contributed by atoms with E-state index in [0.29, 0.717) is 5.56 Å². The first-order valence-corrected chi connectivity index (χ1v) is 7.29. The van der Waals surface area contributed by atoms with Gasteiger partial charge in [-0.1, -0.05) is 43.7 Å². The van der Waals surface area contributed by atoms with Gasteiger partial charge in [0.2, 0.25) is 0 Å². The lowest BCUT2D eigenvalue weighted by molar-refractivity contribution is -0.129. The average molecular weight is 274 g/mol. The number of hydrogen-bond acceptors (Lipinski definition) is 3. The van der Waals surface area contributed by atoms with Gasteiger partial charge in [0.25, 0.3) is 5.91 Å². The number of rotatable bonds is 4. The highest BCUT2D eigenvalue weighted by atomic mass is 16.3. The summed E-state index contributed by atoms with van der Waals surface area (Å²) >= 11 is 0. The van der Waals surface area contributed by atoms with Gasteiger partial charge in [-0.25, -0.2) is 5.43 Å². The second kappa shape index (κ2) is 7.20. The molecule has 1 atom stereocenters. The van der Waals surface area contributed by atoms with Crippen molar-refractivity contribution in [3.05, 3.63) is 35.9 Å². The second-order valence-corrected chi connectivity index (χ2v) is 5.32. The Bertz CT molecular complexity index is 461. The molecule has 1 aliphatic carbocycles. The molecule has 2 N–H and O–H groups in total. The fourth-order valence-electron chi connectivity index (χ4n) is 2.51. The minimum absolute atomic E-state index is 0.471. The molecule has 1 amide bonds. The molecular weight excluding hydrogens is 252 g/mol. The summed E-state index contributed by atoms with van der Waals surface area (Å²) in [5.74, 6) is 0.320. The molecule has 2 rings (SSSR count). The van der Waals surface area contributed by atoms with E-state index in [1.54, 1.807) is 24.3 Å². The van der Waals surface area contributed by atoms with Crippen LogP contribution in [0.5, 0.6) is 0 Å². The summed E-state index contributed by atoms with van der Waals surface area (Å²) in [6.07, 6.45) is 4.23. The molecule has 1 aromatic rings. The minimum Gasteiger partial charge on any atom is -0.378 e. The third-order valence-electron chi connectivity index (χ3n) is 3.95. The van der Waals surface area contributed by atoms with Gasteiger partial charge in [0, 0.05) is 5.71 Å². The van der Waals surface area contributed by atoms with Crippen molar-refractivity contribution in [1.82, 2.24) is 5.43 Å². The maximum atomic E-state index is 11.8. The molecule has 108 valence electrons. The summed E-state index contributed by atoms with van der Waals surface area (Å²) in [7, 11) is 0. The van der Waals surface area contributed by atoms with Crippen LogP contribution in [0.15, 0.2) is 35.4 Å². The number of aliphatic hydroxyl groups is 1. The first-order valence-electron chi connectivity index (χ1n) is 7.29. The van der Waals surface area contributed by atoms with E-state index in [0.717, 1.165) is 37.3 Å². The van der Waals surface area contributed by atoms with Crippen molar-refractivity contribution in [2.75, 3.05) is 0 Å². The Kier molecular flexibility index (Phi) is 5.30. The lowest BCUT2D eigenvalue weighted by Gasteiger charge is -2.21. The fourth-order valence-corrected chi connectivity index (χ4v) is 2.51. The molecule has 0 radical (unpaired) electrons. The average Bonchev–Trinajstić information content (AvgIpc) is 2.53. The van der Waals surface area contributed by atoms with E-state index in [1.165, 1.54) is 6.42 Å². The van der Waals surface area contributed by atoms with Crippen molar-refractivity contribution in [3.8, 4) is 0 Å². The highest BCUT2D eigenvalue weighted by molar-refractivity contribution is 5.88. The number of hydrazone groups is 1. The lowest BCUT2D eigenvalue weighted by atomic mass is 9.86. The normalized spacial score (nSPS) is 20.3. The van der Waals surface area contributed by atoms with Crippen LogP contribution in [0, 0.1) is 5.92 Å². The molecule has 0 saturated heterocycles. The van der Waals surface area contributed by atoms with E-state index in [9.17, 15) is 9.90 Å². The van der Waals surface area contributed by atoms with Crippen LogP contribution in [0.4, 0.5) is 0 Å². The van der Waals surface area contributed by atoms with Crippen LogP contribution in [-0.2, 0) is 4.79 Å². The number of aliphatic hydroxyl groups excluding tert-OH is 1. The maximum Gasteiger partial charge on any atom is 0.273 e. The van der Waals surface area contributed by atoms with Gasteiger partial charge in [-0.3, -0.25) is 4.79 Å². The first-order chi connectivity index (χ1) is 9.70. The largest absolute Gasteiger partial charge is 0.378 e. The van der Waals surface area contributed by atoms with Gasteiger partial charge in [0.1, 0.15) is 0 Å². The van der Waals surface area contributed by atoms with Crippen LogP contribution in [0.1, 0.15) is 50.7 Å². The summed E-state index contributed by atoms with van der Waals surface area (Å²) in [4.78, 5) is 11.8. The van der Waals surface area contributed by atoms with Crippen LogP contribution in [0.3, 0.4) is 0 Å². The number of nitrogens with one attached hydrogen (secondary N) is 1. The van der Waals surface area contributed by atoms with E-state index >= 15 is 0 Å². The van der Waals surface area contributed by atoms with Crippen molar-refractivity contribution < 1.29 is 9.90 Å². The monoisotopic (exact) mass is 274 g/mol. The summed E-state index contributed by atoms with van der Waals surface area (Å²) in [5, 5.41) is 14.1. The Labute approximate surface area is 119 Å². The fraction of sp³-hybridized carbons (Fsp3) is 0.500. The van der Waals surface area contributed by atoms with Crippen molar-refractivity contribution in [3.63, 3.8) is 0 Å². The second-order valence-electron chi connectivity index (χ2n) is 5.32. The van der Waals surface area contributed by atoms with E-state index in [4.69, 9.17) is 0 Å². The van der Waals surface area contributed by atoms with Gasteiger partial charge in [0.05, 0.1) is 0 Å². The van der Waals surface area contributed by atoms with Gasteiger partial charge in [-0.2, -0.15) is 5.10 Å². The van der Waals surface area contributed by atoms with Crippen LogP contribution in [0.25, 0.3) is 0 Å². The predicted octanol–water partition coefficient (Wildman–Crippen LogP) is 2.79. The summed E-state index contributed by atoms with van der Waals surface area (Å²) in [5.41, 5.74) is 4.10. The lowest BCUT2D eigenvalue weighted by Crippen LogP contribution is -2.27. The molecule has 4 nitrogen and oxygen atoms in total. The zero-order valence-electron chi connectivity index (χ0n) is 11.9. The number of benzene rings is 1. The smallest absolute Gasteiger partial charge is 0.273 e. The molecule has 0 aromatic heterocycles. The van der Waals surface area contributed by atoms with E-state index in [2.05, 4.69) is 17.5 Å². The summed E-state index contributed by atoms with van der Waals surface area (Å²) < 4.78 is 0. The topological polar surface area (TPSA) is 61.7 Å². The van der Waals surface area contributed by atoms with Crippen molar-refractivity contribution in [2.24, 2.45) is 11.0 Å². The quantitative estimate of drug-likeness (QED) is 0.829. The van der Waals surface area contributed by atoms with Gasteiger partial charge >= 0.3 is 0 Å². The number of carbonyl (C=O) groups is 1. The van der Waals surface area contributed by atoms with Crippen LogP contribution >= 0.6 is 0 Å². The Morgan fingerprint density at radius 2 is 2.00 bits per heavy atom. The number of amides is 1. The minimum atomic E-state index is -1.16. The SMILES string of the molecule is CCC1CCC(=NNC(=O)C(O)c2ccccc2)CC1. The molecule has 0 spiro atoms. The van der Waals surface area contributed by atoms with Crippen molar-refractivity contribution in [1.29, 1.82) is 0 Å². The maximum absolute atomic E-state index is 11.8. The Morgan fingerprint density at radius 3 is 2.60 bits per heavy atom. The first kappa shape index (κ1) is 14.7. The zero-order chi connectivity index (χ0) is 14.4. The summed E-state index contributed by atoms with van der Waals surface area (Å²) in [6.45, 7) is 2.21. The molecule has 0 heterocycles. The number of carbonyl (C=O) groups excluding carboxylic acids is 1. The third kappa shape index (κ3) is 3.90. The molecule has 1 unspecified atom stereocenters. The number of nitrogens with zero attached hydrogens (tertiary/aromatic N) is 1. The van der Waals surface area contributed by atoms with Gasteiger partial charge in [0.15, 0.2) is 6.10 Å². The predicted molar refractivity (Wildman–Crippen MR) is 79.2 cm³/mol. The van der Waals surface area contributed by atoms with Gasteiger partial charge < -0.3 is 5.11 Å². The summed E-state index contributed by atoms with van der Waals surface area (Å²) in [6, 6.07) is 8.89. The van der Waals surface area contributed by atoms with Crippen molar-refractivity contribution >= 4 is 11.6 Å². The van der Waals surface area contributed by atoms with Gasteiger partial charge in [-0.15, -0.1) is 0 Å². The number of hydrogen-bond donors (Lipinski definition) is 2. The molecule has 20 heavy (non-hydrogen) atoms. The molecule has 4 heteroatoms. The van der Waals surface area contributed by atoms with Crippen molar-refractivity contribution in [2.45, 2.75) is 45.1 Å². The highest BCUT2D eigenvalue weighted by Gasteiger charge is 2.18. The Morgan fingerprint density at radius 1 is 1.35 bits per heavy atom. The zero-order valence-corrected chi connectivity index (χ0v) is 11.9. The highest BCUT2D eigenvalue weighted by Crippen LogP contribution is 2.24. The van der Waals surface area contributed by atoms with Crippen LogP contribution in [-0.4, -0.2) is 16.7 Å². The van der Waals surface area contributed by atoms with E-state index < -0.39 is 12.0 Å². The molecule has 1 saturated carbocycles. The van der Waals surface area contributed by atoms with Crippen LogP contribution < -0.4 is 5.43 Å². The third-order valence-corrected chi connectivity index (χ3v) is 3.95. The molecule has 0 bridgehead atoms. The molecule has 1 fully saturated rings. The Balaban J connectivity index is 1.86. The molecular formula is C16H22N2O2. The van der Waals surface area contributed by atoms with Crippen LogP contribution in [0.2, 0.25) is 0 Å². The molecule has 1 aliphatic rings. The standard InChI is InChI=1S/C16H22N2O2/c1-2-12-8-10-14(11-9-12)17-18-16(20)15(19)13-6-4-3-5-7-13/h3-7,12,15,19H,2,8-11H2,1H3,(H,18,20). The molecule has 0 aliphatic heterocycles. The van der Waals surface area contributed by atoms with Gasteiger partial charge in [-0.05, 0) is 37.2 Å². The molecule has 1 aromatic carbocycles. The Hall–Kier alpha value is -1.68.